The minimum Gasteiger partial charge on any atom is -0.339 e. The van der Waals surface area contributed by atoms with Crippen molar-refractivity contribution >= 4 is 21.3 Å². The number of aromatic nitrogens is 3. The van der Waals surface area contributed by atoms with Crippen LogP contribution in [0, 0.1) is 24.1 Å². The molecule has 0 unspecified atom stereocenters. The van der Waals surface area contributed by atoms with Gasteiger partial charge in [-0.25, -0.2) is 17.3 Å². The fourth-order valence-electron chi connectivity index (χ4n) is 4.59. The molecule has 1 atom stereocenters. The minimum absolute atomic E-state index is 0.0469. The molecule has 0 saturated carbocycles. The summed E-state index contributed by atoms with van der Waals surface area (Å²) in [5, 5.41) is 14.1. The molecule has 11 heteroatoms. The lowest BCUT2D eigenvalue weighted by molar-refractivity contribution is 0.487. The average Bonchev–Trinajstić information content (AvgIpc) is 3.32. The number of nitrogens with two attached hydrogens (primary N) is 1. The van der Waals surface area contributed by atoms with Crippen molar-refractivity contribution in [3.8, 4) is 6.07 Å². The number of rotatable bonds is 5. The van der Waals surface area contributed by atoms with E-state index in [0.717, 1.165) is 18.4 Å². The number of anilines is 1. The summed E-state index contributed by atoms with van der Waals surface area (Å²) in [6.07, 6.45) is 2.94. The van der Waals surface area contributed by atoms with Gasteiger partial charge in [-0.05, 0) is 61.7 Å². The van der Waals surface area contributed by atoms with Crippen LogP contribution in [0.1, 0.15) is 29.5 Å². The Labute approximate surface area is 213 Å². The first kappa shape index (κ1) is 24.7. The molecule has 2 aromatic heterocycles. The molecule has 3 heterocycles. The Bertz CT molecular complexity index is 1700. The van der Waals surface area contributed by atoms with Gasteiger partial charge in [0.2, 0.25) is 15.8 Å². The molecular formula is C26H25FN6O3S. The van der Waals surface area contributed by atoms with Gasteiger partial charge in [0.15, 0.2) is 0 Å². The monoisotopic (exact) mass is 520 g/mol. The molecule has 0 bridgehead atoms. The number of benzene rings is 2. The number of piperidine rings is 1. The highest BCUT2D eigenvalue weighted by Gasteiger charge is 2.26. The molecule has 2 aromatic carbocycles. The van der Waals surface area contributed by atoms with Crippen molar-refractivity contribution in [1.82, 2.24) is 14.2 Å². The SMILES string of the molecule is Cc1ccc(S(=O)(=O)c2cc3c(=O)n(Cc4cc(F)ccc4C#N)c(N4CCC[C@@H](N)C4)nn3c2)cc1. The van der Waals surface area contributed by atoms with Crippen LogP contribution in [0.4, 0.5) is 10.3 Å². The first-order chi connectivity index (χ1) is 17.7. The molecule has 1 aliphatic heterocycles. The Morgan fingerprint density at radius 1 is 1.16 bits per heavy atom. The molecule has 1 fully saturated rings. The highest BCUT2D eigenvalue weighted by Crippen LogP contribution is 2.25. The summed E-state index contributed by atoms with van der Waals surface area (Å²) >= 11 is 0. The van der Waals surface area contributed by atoms with Gasteiger partial charge < -0.3 is 10.6 Å². The van der Waals surface area contributed by atoms with Crippen LogP contribution in [-0.4, -0.2) is 41.7 Å². The number of fused-ring (bicyclic) bond motifs is 1. The molecule has 1 saturated heterocycles. The van der Waals surface area contributed by atoms with E-state index < -0.39 is 21.2 Å². The van der Waals surface area contributed by atoms with Crippen molar-refractivity contribution < 1.29 is 12.8 Å². The lowest BCUT2D eigenvalue weighted by Crippen LogP contribution is -2.46. The van der Waals surface area contributed by atoms with E-state index in [0.29, 0.717) is 18.7 Å². The summed E-state index contributed by atoms with van der Waals surface area (Å²) in [6, 6.07) is 13.4. The fourth-order valence-corrected chi connectivity index (χ4v) is 5.86. The highest BCUT2D eigenvalue weighted by molar-refractivity contribution is 7.91. The van der Waals surface area contributed by atoms with E-state index in [2.05, 4.69) is 5.10 Å². The molecular weight excluding hydrogens is 495 g/mol. The zero-order valence-corrected chi connectivity index (χ0v) is 20.9. The number of nitriles is 1. The van der Waals surface area contributed by atoms with Gasteiger partial charge in [0.25, 0.3) is 5.56 Å². The second-order valence-electron chi connectivity index (χ2n) is 9.27. The maximum Gasteiger partial charge on any atom is 0.279 e. The summed E-state index contributed by atoms with van der Waals surface area (Å²) in [7, 11) is -3.90. The van der Waals surface area contributed by atoms with Gasteiger partial charge in [-0.3, -0.25) is 9.36 Å². The number of nitrogens with zero attached hydrogens (tertiary/aromatic N) is 5. The quantitative estimate of drug-likeness (QED) is 0.429. The van der Waals surface area contributed by atoms with Gasteiger partial charge in [-0.15, -0.1) is 5.10 Å². The van der Waals surface area contributed by atoms with Crippen LogP contribution < -0.4 is 16.2 Å². The van der Waals surface area contributed by atoms with Crippen molar-refractivity contribution in [2.24, 2.45) is 5.73 Å². The molecule has 190 valence electrons. The van der Waals surface area contributed by atoms with Crippen LogP contribution in [0.25, 0.3) is 5.52 Å². The summed E-state index contributed by atoms with van der Waals surface area (Å²) < 4.78 is 43.3. The van der Waals surface area contributed by atoms with Crippen molar-refractivity contribution in [3.05, 3.63) is 87.6 Å². The molecule has 1 aliphatic rings. The van der Waals surface area contributed by atoms with E-state index >= 15 is 0 Å². The summed E-state index contributed by atoms with van der Waals surface area (Å²) in [5.74, 6) is -0.262. The number of halogens is 1. The third kappa shape index (κ3) is 4.61. The third-order valence-corrected chi connectivity index (χ3v) is 8.31. The molecule has 0 radical (unpaired) electrons. The number of sulfone groups is 1. The van der Waals surface area contributed by atoms with Crippen LogP contribution in [0.3, 0.4) is 0 Å². The smallest absolute Gasteiger partial charge is 0.279 e. The first-order valence-electron chi connectivity index (χ1n) is 11.8. The van der Waals surface area contributed by atoms with Crippen molar-refractivity contribution in [2.45, 2.75) is 42.1 Å². The summed E-state index contributed by atoms with van der Waals surface area (Å²) in [4.78, 5) is 15.7. The molecule has 0 spiro atoms. The summed E-state index contributed by atoms with van der Waals surface area (Å²) in [6.45, 7) is 2.78. The molecule has 4 aromatic rings. The molecule has 0 aliphatic carbocycles. The normalized spacial score (nSPS) is 16.2. The molecule has 37 heavy (non-hydrogen) atoms. The predicted octanol–water partition coefficient (Wildman–Crippen LogP) is 2.62. The van der Waals surface area contributed by atoms with E-state index in [4.69, 9.17) is 5.73 Å². The van der Waals surface area contributed by atoms with Gasteiger partial charge in [-0.1, -0.05) is 17.7 Å². The lowest BCUT2D eigenvalue weighted by atomic mass is 10.1. The standard InChI is InChI=1S/C26H25FN6O3S/c1-17-4-8-22(9-5-17)37(35,36)23-12-24-25(34)32(14-19-11-20(27)7-6-18(19)13-28)26(30-33(24)16-23)31-10-2-3-21(29)15-31/h4-9,11-12,16,21H,2-3,10,14-15,29H2,1H3/t21-/m1/s1. The third-order valence-electron chi connectivity index (χ3n) is 6.58. The number of hydrogen-bond donors (Lipinski definition) is 1. The molecule has 5 rings (SSSR count). The molecule has 2 N–H and O–H groups in total. The fraction of sp³-hybridized carbons (Fsp3) is 0.269. The Balaban J connectivity index is 1.69. The Kier molecular flexibility index (Phi) is 6.31. The minimum atomic E-state index is -3.90. The second-order valence-corrected chi connectivity index (χ2v) is 11.2. The lowest BCUT2D eigenvalue weighted by Gasteiger charge is -2.32. The van der Waals surface area contributed by atoms with Gasteiger partial charge >= 0.3 is 0 Å². The van der Waals surface area contributed by atoms with Crippen LogP contribution >= 0.6 is 0 Å². The van der Waals surface area contributed by atoms with Crippen molar-refractivity contribution in [2.75, 3.05) is 18.0 Å². The number of aryl methyl sites for hydroxylation is 1. The average molecular weight is 521 g/mol. The largest absolute Gasteiger partial charge is 0.339 e. The Hall–Kier alpha value is -4.01. The summed E-state index contributed by atoms with van der Waals surface area (Å²) in [5.41, 5.74) is 7.18. The van der Waals surface area contributed by atoms with E-state index in [1.165, 1.54) is 51.7 Å². The van der Waals surface area contributed by atoms with Gasteiger partial charge in [0.1, 0.15) is 11.3 Å². The first-order valence-corrected chi connectivity index (χ1v) is 13.3. The van der Waals surface area contributed by atoms with Gasteiger partial charge in [0, 0.05) is 25.3 Å². The van der Waals surface area contributed by atoms with Gasteiger partial charge in [0.05, 0.1) is 28.0 Å². The zero-order valence-electron chi connectivity index (χ0n) is 20.1. The van der Waals surface area contributed by atoms with Crippen LogP contribution in [0.15, 0.2) is 69.3 Å². The van der Waals surface area contributed by atoms with Crippen LogP contribution in [0.2, 0.25) is 0 Å². The van der Waals surface area contributed by atoms with E-state index in [9.17, 15) is 22.9 Å². The number of hydrogen-bond acceptors (Lipinski definition) is 7. The van der Waals surface area contributed by atoms with Crippen LogP contribution in [0.5, 0.6) is 0 Å². The second kappa shape index (κ2) is 9.46. The predicted molar refractivity (Wildman–Crippen MR) is 136 cm³/mol. The Morgan fingerprint density at radius 3 is 2.62 bits per heavy atom. The molecule has 0 amide bonds. The van der Waals surface area contributed by atoms with Crippen molar-refractivity contribution in [3.63, 3.8) is 0 Å². The molecule has 9 nitrogen and oxygen atoms in total. The topological polar surface area (TPSA) is 126 Å². The van der Waals surface area contributed by atoms with Gasteiger partial charge in [-0.2, -0.15) is 5.26 Å². The van der Waals surface area contributed by atoms with Crippen molar-refractivity contribution in [1.29, 1.82) is 5.26 Å². The maximum absolute atomic E-state index is 14.1. The van der Waals surface area contributed by atoms with E-state index in [1.54, 1.807) is 12.1 Å². The maximum atomic E-state index is 14.1. The van der Waals surface area contributed by atoms with E-state index in [-0.39, 0.29) is 39.4 Å². The van der Waals surface area contributed by atoms with Crippen LogP contribution in [-0.2, 0) is 16.4 Å². The zero-order chi connectivity index (χ0) is 26.3. The Morgan fingerprint density at radius 2 is 1.92 bits per heavy atom. The van der Waals surface area contributed by atoms with E-state index in [1.807, 2.05) is 17.9 Å². The highest BCUT2D eigenvalue weighted by atomic mass is 32.2.